The van der Waals surface area contributed by atoms with Crippen molar-refractivity contribution in [2.45, 2.75) is 38.6 Å². The Bertz CT molecular complexity index is 566. The predicted octanol–water partition coefficient (Wildman–Crippen LogP) is 3.08. The van der Waals surface area contributed by atoms with Crippen molar-refractivity contribution in [2.24, 2.45) is 12.8 Å². The molecular formula is C15H20N2. The van der Waals surface area contributed by atoms with Crippen LogP contribution in [0.4, 0.5) is 0 Å². The number of hydrogen-bond donors (Lipinski definition) is 1. The molecule has 2 N–H and O–H groups in total. The number of nitrogens with zero attached hydrogens (tertiary/aromatic N) is 1. The maximum absolute atomic E-state index is 6.28. The van der Waals surface area contributed by atoms with Gasteiger partial charge in [-0.1, -0.05) is 25.1 Å². The van der Waals surface area contributed by atoms with Gasteiger partial charge in [0.2, 0.25) is 0 Å². The van der Waals surface area contributed by atoms with Crippen molar-refractivity contribution in [2.75, 3.05) is 0 Å². The molecule has 0 spiro atoms. The highest BCUT2D eigenvalue weighted by Crippen LogP contribution is 2.36. The third kappa shape index (κ3) is 1.44. The second kappa shape index (κ2) is 3.88. The van der Waals surface area contributed by atoms with Crippen molar-refractivity contribution in [3.05, 3.63) is 35.0 Å². The van der Waals surface area contributed by atoms with Gasteiger partial charge in [-0.3, -0.25) is 0 Å². The second-order valence-electron chi connectivity index (χ2n) is 5.09. The Morgan fingerprint density at radius 3 is 3.00 bits per heavy atom. The third-order valence-electron chi connectivity index (χ3n) is 4.12. The van der Waals surface area contributed by atoms with Gasteiger partial charge in [-0.15, -0.1) is 0 Å². The van der Waals surface area contributed by atoms with Crippen molar-refractivity contribution in [1.82, 2.24) is 4.57 Å². The quantitative estimate of drug-likeness (QED) is 0.799. The molecule has 90 valence electrons. The Morgan fingerprint density at radius 2 is 2.24 bits per heavy atom. The lowest BCUT2D eigenvalue weighted by Gasteiger charge is -2.20. The smallest absolute Gasteiger partial charge is 0.0515 e. The zero-order chi connectivity index (χ0) is 12.0. The molecule has 0 aliphatic heterocycles. The van der Waals surface area contributed by atoms with E-state index in [4.69, 9.17) is 5.73 Å². The van der Waals surface area contributed by atoms with Crippen molar-refractivity contribution in [3.63, 3.8) is 0 Å². The van der Waals surface area contributed by atoms with Gasteiger partial charge in [0.25, 0.3) is 0 Å². The first-order chi connectivity index (χ1) is 8.24. The van der Waals surface area contributed by atoms with E-state index in [2.05, 4.69) is 36.7 Å². The number of nitrogens with two attached hydrogens (primary N) is 1. The van der Waals surface area contributed by atoms with E-state index in [1.807, 2.05) is 0 Å². The minimum Gasteiger partial charge on any atom is -0.346 e. The first-order valence-corrected chi connectivity index (χ1v) is 6.58. The molecule has 1 aromatic carbocycles. The van der Waals surface area contributed by atoms with Crippen LogP contribution in [0, 0.1) is 0 Å². The zero-order valence-corrected chi connectivity index (χ0v) is 10.7. The number of rotatable bonds is 1. The van der Waals surface area contributed by atoms with E-state index >= 15 is 0 Å². The third-order valence-corrected chi connectivity index (χ3v) is 4.12. The Kier molecular flexibility index (Phi) is 2.48. The molecule has 0 fully saturated rings. The van der Waals surface area contributed by atoms with Gasteiger partial charge in [0, 0.05) is 24.2 Å². The molecule has 0 saturated heterocycles. The molecule has 1 heterocycles. The minimum atomic E-state index is 0.223. The Morgan fingerprint density at radius 1 is 1.41 bits per heavy atom. The van der Waals surface area contributed by atoms with Gasteiger partial charge in [-0.2, -0.15) is 0 Å². The van der Waals surface area contributed by atoms with Crippen LogP contribution in [-0.2, 0) is 19.9 Å². The summed E-state index contributed by atoms with van der Waals surface area (Å²) in [6.07, 6.45) is 4.62. The first-order valence-electron chi connectivity index (χ1n) is 6.58. The van der Waals surface area contributed by atoms with Gasteiger partial charge in [-0.05, 0) is 36.8 Å². The topological polar surface area (TPSA) is 30.9 Å². The van der Waals surface area contributed by atoms with Crippen molar-refractivity contribution in [3.8, 4) is 0 Å². The normalized spacial score (nSPS) is 19.6. The second-order valence-corrected chi connectivity index (χ2v) is 5.09. The fourth-order valence-corrected chi connectivity index (χ4v) is 3.35. The highest BCUT2D eigenvalue weighted by atomic mass is 15.0. The van der Waals surface area contributed by atoms with E-state index in [1.54, 1.807) is 0 Å². The minimum absolute atomic E-state index is 0.223. The molecule has 0 amide bonds. The first kappa shape index (κ1) is 10.8. The standard InChI is InChI=1S/C15H20N2/c1-3-10-6-4-7-11-12-8-5-9-13(16)15(12)17(2)14(10)11/h4,6-7,13H,3,5,8-9,16H2,1-2H3. The summed E-state index contributed by atoms with van der Waals surface area (Å²) in [6.45, 7) is 2.22. The summed E-state index contributed by atoms with van der Waals surface area (Å²) in [5.74, 6) is 0. The van der Waals surface area contributed by atoms with Gasteiger partial charge in [0.15, 0.2) is 0 Å². The van der Waals surface area contributed by atoms with Crippen LogP contribution < -0.4 is 5.73 Å². The summed E-state index contributed by atoms with van der Waals surface area (Å²) < 4.78 is 2.34. The molecule has 0 bridgehead atoms. The Balaban J connectivity index is 2.40. The predicted molar refractivity (Wildman–Crippen MR) is 72.2 cm³/mol. The maximum atomic E-state index is 6.28. The average Bonchev–Trinajstić information content (AvgIpc) is 2.65. The van der Waals surface area contributed by atoms with Crippen LogP contribution >= 0.6 is 0 Å². The monoisotopic (exact) mass is 228 g/mol. The number of aryl methyl sites for hydroxylation is 3. The SMILES string of the molecule is CCc1cccc2c3c(n(C)c12)C(N)CCC3. The van der Waals surface area contributed by atoms with Gasteiger partial charge in [0.05, 0.1) is 5.52 Å². The van der Waals surface area contributed by atoms with Crippen LogP contribution in [0.1, 0.15) is 42.6 Å². The highest BCUT2D eigenvalue weighted by molar-refractivity contribution is 5.88. The molecule has 1 aliphatic carbocycles. The summed E-state index contributed by atoms with van der Waals surface area (Å²) in [5.41, 5.74) is 12.0. The number of hydrogen-bond acceptors (Lipinski definition) is 1. The zero-order valence-electron chi connectivity index (χ0n) is 10.7. The van der Waals surface area contributed by atoms with Crippen molar-refractivity contribution < 1.29 is 0 Å². The van der Waals surface area contributed by atoms with E-state index in [9.17, 15) is 0 Å². The van der Waals surface area contributed by atoms with E-state index < -0.39 is 0 Å². The van der Waals surface area contributed by atoms with Gasteiger partial charge >= 0.3 is 0 Å². The fraction of sp³-hybridized carbons (Fsp3) is 0.467. The molecule has 17 heavy (non-hydrogen) atoms. The largest absolute Gasteiger partial charge is 0.346 e. The molecule has 1 aromatic heterocycles. The number of aromatic nitrogens is 1. The lowest BCUT2D eigenvalue weighted by atomic mass is 9.92. The van der Waals surface area contributed by atoms with Crippen LogP contribution in [0.3, 0.4) is 0 Å². The van der Waals surface area contributed by atoms with E-state index in [0.29, 0.717) is 0 Å². The lowest BCUT2D eigenvalue weighted by molar-refractivity contribution is 0.542. The van der Waals surface area contributed by atoms with Crippen LogP contribution in [0.25, 0.3) is 10.9 Å². The molecule has 2 aromatic rings. The lowest BCUT2D eigenvalue weighted by Crippen LogP contribution is -2.19. The molecule has 0 radical (unpaired) electrons. The summed E-state index contributed by atoms with van der Waals surface area (Å²) in [4.78, 5) is 0. The Labute approximate surface area is 102 Å². The summed E-state index contributed by atoms with van der Waals surface area (Å²) in [6, 6.07) is 6.90. The molecule has 0 saturated carbocycles. The summed E-state index contributed by atoms with van der Waals surface area (Å²) >= 11 is 0. The number of benzene rings is 1. The molecule has 1 aliphatic rings. The molecule has 1 unspecified atom stereocenters. The average molecular weight is 228 g/mol. The van der Waals surface area contributed by atoms with Crippen molar-refractivity contribution >= 4 is 10.9 Å². The van der Waals surface area contributed by atoms with Gasteiger partial charge < -0.3 is 10.3 Å². The van der Waals surface area contributed by atoms with Gasteiger partial charge in [-0.25, -0.2) is 0 Å². The molecule has 1 atom stereocenters. The summed E-state index contributed by atoms with van der Waals surface area (Å²) in [5, 5.41) is 1.43. The van der Waals surface area contributed by atoms with Crippen LogP contribution in [-0.4, -0.2) is 4.57 Å². The van der Waals surface area contributed by atoms with Crippen LogP contribution in [0.5, 0.6) is 0 Å². The van der Waals surface area contributed by atoms with Gasteiger partial charge in [0.1, 0.15) is 0 Å². The highest BCUT2D eigenvalue weighted by Gasteiger charge is 2.24. The number of para-hydroxylation sites is 1. The Hall–Kier alpha value is -1.28. The molecule has 2 heteroatoms. The molecular weight excluding hydrogens is 208 g/mol. The van der Waals surface area contributed by atoms with E-state index in [0.717, 1.165) is 12.8 Å². The maximum Gasteiger partial charge on any atom is 0.0515 e. The molecule has 3 rings (SSSR count). The number of fused-ring (bicyclic) bond motifs is 3. The van der Waals surface area contributed by atoms with Crippen molar-refractivity contribution in [1.29, 1.82) is 0 Å². The van der Waals surface area contributed by atoms with Crippen LogP contribution in [0.15, 0.2) is 18.2 Å². The fourth-order valence-electron chi connectivity index (χ4n) is 3.35. The molecule has 2 nitrogen and oxygen atoms in total. The van der Waals surface area contributed by atoms with Crippen LogP contribution in [0.2, 0.25) is 0 Å². The van der Waals surface area contributed by atoms with E-state index in [-0.39, 0.29) is 6.04 Å². The summed E-state index contributed by atoms with van der Waals surface area (Å²) in [7, 11) is 2.17. The van der Waals surface area contributed by atoms with E-state index in [1.165, 1.54) is 40.6 Å².